The predicted molar refractivity (Wildman–Crippen MR) is 109 cm³/mol. The number of nitrogens with zero attached hydrogens (tertiary/aromatic N) is 2. The minimum Gasteiger partial charge on any atom is -0.548 e. The molecule has 1 aromatic heterocycles. The quantitative estimate of drug-likeness (QED) is 0.519. The molecule has 0 bridgehead atoms. The third-order valence-electron chi connectivity index (χ3n) is 5.19. The van der Waals surface area contributed by atoms with Gasteiger partial charge in [-0.25, -0.2) is 14.2 Å². The molecule has 1 fully saturated rings. The normalized spacial score (nSPS) is 14.1. The number of nitrogens with one attached hydrogen (secondary N) is 1. The number of carboxylic acid groups (broad SMARTS) is 1. The van der Waals surface area contributed by atoms with Crippen LogP contribution in [0.15, 0.2) is 40.8 Å². The molecule has 8 nitrogen and oxygen atoms in total. The number of carboxylic acids is 1. The number of aliphatic carboxylic acids is 1. The first-order valence-electron chi connectivity index (χ1n) is 9.93. The number of benzene rings is 2. The molecule has 2 heterocycles. The van der Waals surface area contributed by atoms with Crippen LogP contribution < -0.4 is 61.8 Å². The van der Waals surface area contributed by atoms with Crippen LogP contribution in [0.2, 0.25) is 0 Å². The van der Waals surface area contributed by atoms with E-state index in [1.807, 2.05) is 19.1 Å². The monoisotopic (exact) mass is 465 g/mol. The summed E-state index contributed by atoms with van der Waals surface area (Å²) in [5, 5.41) is 13.6. The molecular formula is C22H21FKN3O5. The molecule has 10 heteroatoms. The van der Waals surface area contributed by atoms with Gasteiger partial charge < -0.3 is 29.3 Å². The average molecular weight is 466 g/mol. The molecule has 2 amide bonds. The van der Waals surface area contributed by atoms with Gasteiger partial charge >= 0.3 is 57.4 Å². The summed E-state index contributed by atoms with van der Waals surface area (Å²) in [5.41, 5.74) is 2.63. The Labute approximate surface area is 226 Å². The van der Waals surface area contributed by atoms with Crippen LogP contribution in [0.3, 0.4) is 0 Å². The molecule has 0 spiro atoms. The number of carbonyl (C=O) groups is 2. The molecule has 0 unspecified atom stereocenters. The minimum absolute atomic E-state index is 0. The number of anilines is 1. The van der Waals surface area contributed by atoms with Crippen LogP contribution in [0.5, 0.6) is 0 Å². The van der Waals surface area contributed by atoms with Crippen molar-refractivity contribution in [2.75, 3.05) is 25.1 Å². The van der Waals surface area contributed by atoms with E-state index < -0.39 is 24.4 Å². The maximum Gasteiger partial charge on any atom is 1.00 e. The van der Waals surface area contributed by atoms with Crippen LogP contribution in [0.25, 0.3) is 22.6 Å². The SMILES string of the molecule is Cc1ccc2oc(-c3ccc(NC(=O)N(CC(=O)[O-])C4CCOCC4)c(F)c3)nc2c1.[K+]. The van der Waals surface area contributed by atoms with Crippen molar-refractivity contribution in [1.29, 1.82) is 0 Å². The number of rotatable bonds is 5. The van der Waals surface area contributed by atoms with Gasteiger partial charge in [0.25, 0.3) is 0 Å². The Bertz CT molecular complexity index is 1130. The van der Waals surface area contributed by atoms with Gasteiger partial charge in [-0.3, -0.25) is 0 Å². The zero-order chi connectivity index (χ0) is 22.0. The second-order valence-electron chi connectivity index (χ2n) is 7.46. The molecule has 3 aromatic rings. The first-order chi connectivity index (χ1) is 14.9. The van der Waals surface area contributed by atoms with E-state index >= 15 is 0 Å². The van der Waals surface area contributed by atoms with Crippen LogP contribution in [-0.4, -0.2) is 47.7 Å². The Morgan fingerprint density at radius 1 is 1.22 bits per heavy atom. The molecule has 1 aliphatic heterocycles. The van der Waals surface area contributed by atoms with Crippen molar-refractivity contribution in [2.45, 2.75) is 25.8 Å². The number of fused-ring (bicyclic) bond motifs is 1. The summed E-state index contributed by atoms with van der Waals surface area (Å²) in [4.78, 5) is 29.3. The molecule has 1 N–H and O–H groups in total. The van der Waals surface area contributed by atoms with Crippen molar-refractivity contribution in [2.24, 2.45) is 0 Å². The van der Waals surface area contributed by atoms with Gasteiger partial charge in [0, 0.05) is 24.8 Å². The summed E-state index contributed by atoms with van der Waals surface area (Å²) in [7, 11) is 0. The van der Waals surface area contributed by atoms with Crippen LogP contribution in [0.1, 0.15) is 18.4 Å². The molecule has 0 atom stereocenters. The van der Waals surface area contributed by atoms with Gasteiger partial charge in [-0.1, -0.05) is 6.07 Å². The molecular weight excluding hydrogens is 444 g/mol. The average Bonchev–Trinajstić information content (AvgIpc) is 3.17. The Hall–Kier alpha value is -1.82. The summed E-state index contributed by atoms with van der Waals surface area (Å²) < 4.78 is 25.7. The van der Waals surface area contributed by atoms with Gasteiger partial charge in [0.1, 0.15) is 11.3 Å². The summed E-state index contributed by atoms with van der Waals surface area (Å²) in [6, 6.07) is 8.72. The fourth-order valence-electron chi connectivity index (χ4n) is 3.60. The number of aryl methyl sites for hydroxylation is 1. The third kappa shape index (κ3) is 5.75. The van der Waals surface area contributed by atoms with Crippen molar-refractivity contribution in [3.63, 3.8) is 0 Å². The van der Waals surface area contributed by atoms with Gasteiger partial charge in [0.05, 0.1) is 18.2 Å². The first kappa shape index (κ1) is 24.8. The Kier molecular flexibility index (Phi) is 8.42. The Balaban J connectivity index is 0.00000289. The van der Waals surface area contributed by atoms with Crippen molar-refractivity contribution in [3.05, 3.63) is 47.8 Å². The Morgan fingerprint density at radius 3 is 2.66 bits per heavy atom. The molecule has 4 rings (SSSR count). The van der Waals surface area contributed by atoms with Crippen LogP contribution >= 0.6 is 0 Å². The fraction of sp³-hybridized carbons (Fsp3) is 0.318. The van der Waals surface area contributed by atoms with E-state index in [0.29, 0.717) is 42.7 Å². The number of aromatic nitrogens is 1. The molecule has 32 heavy (non-hydrogen) atoms. The number of oxazole rings is 1. The predicted octanol–water partition coefficient (Wildman–Crippen LogP) is -0.291. The van der Waals surface area contributed by atoms with E-state index in [4.69, 9.17) is 9.15 Å². The number of ether oxygens (including phenoxy) is 1. The second-order valence-corrected chi connectivity index (χ2v) is 7.46. The fourth-order valence-corrected chi connectivity index (χ4v) is 3.60. The van der Waals surface area contributed by atoms with Crippen LogP contribution in [0.4, 0.5) is 14.9 Å². The number of hydrogen-bond donors (Lipinski definition) is 1. The van der Waals surface area contributed by atoms with Crippen molar-refractivity contribution >= 4 is 28.8 Å². The van der Waals surface area contributed by atoms with Gasteiger partial charge in [-0.2, -0.15) is 0 Å². The number of urea groups is 1. The second kappa shape index (κ2) is 10.9. The van der Waals surface area contributed by atoms with E-state index in [1.165, 1.54) is 12.1 Å². The Morgan fingerprint density at radius 2 is 1.97 bits per heavy atom. The molecule has 2 aromatic carbocycles. The van der Waals surface area contributed by atoms with Crippen molar-refractivity contribution < 1.29 is 79.6 Å². The van der Waals surface area contributed by atoms with Crippen LogP contribution in [0, 0.1) is 12.7 Å². The maximum atomic E-state index is 14.7. The van der Waals surface area contributed by atoms with Gasteiger partial charge in [0.15, 0.2) is 5.58 Å². The molecule has 1 saturated heterocycles. The molecule has 162 valence electrons. The van der Waals surface area contributed by atoms with Gasteiger partial charge in [-0.15, -0.1) is 0 Å². The smallest absolute Gasteiger partial charge is 0.548 e. The van der Waals surface area contributed by atoms with E-state index in [0.717, 1.165) is 10.5 Å². The zero-order valence-corrected chi connectivity index (χ0v) is 21.0. The third-order valence-corrected chi connectivity index (χ3v) is 5.19. The molecule has 1 aliphatic rings. The van der Waals surface area contributed by atoms with E-state index in [2.05, 4.69) is 10.3 Å². The number of carbonyl (C=O) groups excluding carboxylic acids is 2. The minimum atomic E-state index is -1.39. The van der Waals surface area contributed by atoms with E-state index in [9.17, 15) is 19.1 Å². The molecule has 0 saturated carbocycles. The van der Waals surface area contributed by atoms with E-state index in [1.54, 1.807) is 12.1 Å². The van der Waals surface area contributed by atoms with Crippen LogP contribution in [-0.2, 0) is 9.53 Å². The van der Waals surface area contributed by atoms with Gasteiger partial charge in [-0.05, 0) is 55.7 Å². The summed E-state index contributed by atoms with van der Waals surface area (Å²) in [6.45, 7) is 2.21. The zero-order valence-electron chi connectivity index (χ0n) is 17.9. The molecule has 0 aliphatic carbocycles. The van der Waals surface area contributed by atoms with Crippen molar-refractivity contribution in [3.8, 4) is 11.5 Å². The summed E-state index contributed by atoms with van der Waals surface area (Å²) in [5.74, 6) is -1.81. The standard InChI is InChI=1S/C22H22FN3O5.K/c1-13-2-5-19-18(10-13)24-21(31-19)14-3-4-17(16(23)11-14)25-22(29)26(12-20(27)28)15-6-8-30-9-7-15;/h2-5,10-11,15H,6-9,12H2,1H3,(H,25,29)(H,27,28);/q;+1/p-1. The maximum absolute atomic E-state index is 14.7. The summed E-state index contributed by atoms with van der Waals surface area (Å²) >= 11 is 0. The van der Waals surface area contributed by atoms with Crippen molar-refractivity contribution in [1.82, 2.24) is 9.88 Å². The number of hydrogen-bond acceptors (Lipinski definition) is 6. The number of halogens is 1. The van der Waals surface area contributed by atoms with Gasteiger partial charge in [0.2, 0.25) is 5.89 Å². The summed E-state index contributed by atoms with van der Waals surface area (Å²) in [6.07, 6.45) is 0.999. The number of amides is 2. The topological polar surface area (TPSA) is 108 Å². The van der Waals surface area contributed by atoms with E-state index in [-0.39, 0.29) is 69.0 Å². The first-order valence-corrected chi connectivity index (χ1v) is 9.93. The molecule has 0 radical (unpaired) electrons. The largest absolute Gasteiger partial charge is 1.00 e.